The van der Waals surface area contributed by atoms with Gasteiger partial charge in [0.15, 0.2) is 0 Å². The molecule has 0 radical (unpaired) electrons. The average molecular weight is 440 g/mol. The van der Waals surface area contributed by atoms with Gasteiger partial charge in [-0.15, -0.1) is 0 Å². The molecule has 2 heterocycles. The Bertz CT molecular complexity index is 832. The Hall–Kier alpha value is -1.75. The number of nitro groups is 1. The summed E-state index contributed by atoms with van der Waals surface area (Å²) in [5.41, 5.74) is 0.168. The number of piperazine rings is 1. The Morgan fingerprint density at radius 3 is 2.43 bits per heavy atom. The van der Waals surface area contributed by atoms with Gasteiger partial charge < -0.3 is 15.1 Å². The fraction of sp³-hybridized carbons (Fsp3) is 0.700. The Morgan fingerprint density at radius 2 is 1.80 bits per heavy atom. The number of nitro benzene ring substituents is 1. The Labute approximate surface area is 179 Å². The number of nitrogens with zero attached hydrogens (tertiary/aromatic N) is 4. The molecule has 1 N–H and O–H groups in total. The number of likely N-dealkylation sites (tertiary alicyclic amines) is 1. The fourth-order valence-corrected chi connectivity index (χ4v) is 5.40. The fourth-order valence-electron chi connectivity index (χ4n) is 3.96. The smallest absolute Gasteiger partial charge is 0.293 e. The highest BCUT2D eigenvalue weighted by Crippen LogP contribution is 2.29. The number of hydrogen-bond donors (Lipinski definition) is 1. The number of nitrogens with one attached hydrogen (secondary N) is 1. The summed E-state index contributed by atoms with van der Waals surface area (Å²) in [5.74, 6) is 0.794. The lowest BCUT2D eigenvalue weighted by atomic mass is 9.99. The third kappa shape index (κ3) is 5.69. The first-order valence-corrected chi connectivity index (χ1v) is 12.1. The van der Waals surface area contributed by atoms with Crippen LogP contribution in [0.5, 0.6) is 0 Å². The molecule has 1 aromatic carbocycles. The van der Waals surface area contributed by atoms with Crippen LogP contribution in [-0.2, 0) is 10.0 Å². The Kier molecular flexibility index (Phi) is 7.67. The molecule has 0 amide bonds. The molecule has 30 heavy (non-hydrogen) atoms. The molecular weight excluding hydrogens is 406 g/mol. The highest BCUT2D eigenvalue weighted by Gasteiger charge is 2.29. The van der Waals surface area contributed by atoms with Gasteiger partial charge in [0.05, 0.1) is 9.82 Å². The predicted molar refractivity (Wildman–Crippen MR) is 117 cm³/mol. The molecule has 2 aliphatic heterocycles. The number of rotatable bonds is 8. The topological polar surface area (TPSA) is 99.0 Å². The lowest BCUT2D eigenvalue weighted by molar-refractivity contribution is -0.384. The van der Waals surface area contributed by atoms with Crippen molar-refractivity contribution in [2.75, 3.05) is 64.7 Å². The number of benzene rings is 1. The summed E-state index contributed by atoms with van der Waals surface area (Å²) in [5, 5.41) is 14.7. The van der Waals surface area contributed by atoms with Gasteiger partial charge in [-0.05, 0) is 64.0 Å². The van der Waals surface area contributed by atoms with E-state index in [-0.39, 0.29) is 10.6 Å². The van der Waals surface area contributed by atoms with Crippen molar-refractivity contribution in [3.8, 4) is 0 Å². The van der Waals surface area contributed by atoms with Crippen LogP contribution in [0, 0.1) is 16.0 Å². The predicted octanol–water partition coefficient (Wildman–Crippen LogP) is 2.06. The van der Waals surface area contributed by atoms with E-state index < -0.39 is 14.9 Å². The lowest BCUT2D eigenvalue weighted by Gasteiger charge is -2.31. The number of hydrogen-bond acceptors (Lipinski definition) is 7. The van der Waals surface area contributed by atoms with E-state index in [1.54, 1.807) is 0 Å². The van der Waals surface area contributed by atoms with Gasteiger partial charge in [-0.2, -0.15) is 4.31 Å². The van der Waals surface area contributed by atoms with Crippen LogP contribution in [0.25, 0.3) is 0 Å². The monoisotopic (exact) mass is 439 g/mol. The first-order chi connectivity index (χ1) is 14.3. The Morgan fingerprint density at radius 1 is 1.13 bits per heavy atom. The van der Waals surface area contributed by atoms with Crippen molar-refractivity contribution in [1.29, 1.82) is 0 Å². The van der Waals surface area contributed by atoms with E-state index in [4.69, 9.17) is 0 Å². The van der Waals surface area contributed by atoms with E-state index in [9.17, 15) is 18.5 Å². The van der Waals surface area contributed by atoms with E-state index in [0.29, 0.717) is 38.4 Å². The van der Waals surface area contributed by atoms with E-state index in [0.717, 1.165) is 32.0 Å². The largest absolute Gasteiger partial charge is 0.379 e. The zero-order chi connectivity index (χ0) is 21.7. The van der Waals surface area contributed by atoms with Crippen molar-refractivity contribution in [2.45, 2.75) is 31.1 Å². The first-order valence-electron chi connectivity index (χ1n) is 10.7. The van der Waals surface area contributed by atoms with Gasteiger partial charge in [-0.1, -0.05) is 6.92 Å². The summed E-state index contributed by atoms with van der Waals surface area (Å²) >= 11 is 0. The summed E-state index contributed by atoms with van der Waals surface area (Å²) in [6.45, 7) is 8.16. The molecule has 9 nitrogen and oxygen atoms in total. The average Bonchev–Trinajstić information content (AvgIpc) is 2.72. The molecule has 2 aliphatic rings. The van der Waals surface area contributed by atoms with E-state index in [2.05, 4.69) is 22.0 Å². The number of sulfonamides is 1. The minimum atomic E-state index is -3.73. The maximum atomic E-state index is 12.9. The van der Waals surface area contributed by atoms with Crippen molar-refractivity contribution in [2.24, 2.45) is 5.92 Å². The molecule has 2 saturated heterocycles. The summed E-state index contributed by atoms with van der Waals surface area (Å²) < 4.78 is 27.2. The minimum absolute atomic E-state index is 0.0215. The highest BCUT2D eigenvalue weighted by atomic mass is 32.2. The standard InChI is InChI=1S/C20H33N5O4S/c1-17-6-10-23(11-7-17)9-3-8-21-19-5-4-18(16-20(19)25(26)27)30(28,29)24-14-12-22(2)13-15-24/h4-5,16-17,21H,3,6-15H2,1-2H3. The van der Waals surface area contributed by atoms with E-state index >= 15 is 0 Å². The maximum absolute atomic E-state index is 12.9. The van der Waals surface area contributed by atoms with Crippen molar-refractivity contribution in [1.82, 2.24) is 14.1 Å². The van der Waals surface area contributed by atoms with Gasteiger partial charge in [-0.25, -0.2) is 8.42 Å². The Balaban J connectivity index is 1.61. The van der Waals surface area contributed by atoms with Gasteiger partial charge in [0.2, 0.25) is 10.0 Å². The van der Waals surface area contributed by atoms with E-state index in [1.807, 2.05) is 7.05 Å². The molecular formula is C20H33N5O4S. The second-order valence-electron chi connectivity index (χ2n) is 8.45. The first kappa shape index (κ1) is 22.9. The summed E-state index contributed by atoms with van der Waals surface area (Å²) in [6, 6.07) is 4.17. The molecule has 0 spiro atoms. The minimum Gasteiger partial charge on any atom is -0.379 e. The van der Waals surface area contributed by atoms with Gasteiger partial charge in [-0.3, -0.25) is 10.1 Å². The van der Waals surface area contributed by atoms with Gasteiger partial charge >= 0.3 is 0 Å². The molecule has 0 aromatic heterocycles. The molecule has 1 aromatic rings. The molecule has 10 heteroatoms. The number of piperidine rings is 1. The molecule has 2 fully saturated rings. The quantitative estimate of drug-likeness (QED) is 0.376. The van der Waals surface area contributed by atoms with Crippen LogP contribution in [0.3, 0.4) is 0 Å². The molecule has 0 atom stereocenters. The number of anilines is 1. The van der Waals surface area contributed by atoms with Crippen LogP contribution in [0.2, 0.25) is 0 Å². The van der Waals surface area contributed by atoms with Crippen LogP contribution in [-0.4, -0.2) is 86.9 Å². The second kappa shape index (κ2) is 10.0. The normalized spacial score (nSPS) is 20.3. The molecule has 3 rings (SSSR count). The molecule has 0 bridgehead atoms. The second-order valence-corrected chi connectivity index (χ2v) is 10.4. The third-order valence-corrected chi connectivity index (χ3v) is 8.00. The molecule has 0 saturated carbocycles. The van der Waals surface area contributed by atoms with Crippen LogP contribution < -0.4 is 5.32 Å². The van der Waals surface area contributed by atoms with Crippen molar-refractivity contribution in [3.63, 3.8) is 0 Å². The summed E-state index contributed by atoms with van der Waals surface area (Å²) in [7, 11) is -1.79. The molecule has 0 unspecified atom stereocenters. The lowest BCUT2D eigenvalue weighted by Crippen LogP contribution is -2.47. The van der Waals surface area contributed by atoms with Crippen LogP contribution in [0.15, 0.2) is 23.1 Å². The third-order valence-electron chi connectivity index (χ3n) is 6.11. The summed E-state index contributed by atoms with van der Waals surface area (Å²) in [6.07, 6.45) is 3.33. The zero-order valence-corrected chi connectivity index (χ0v) is 18.7. The van der Waals surface area contributed by atoms with Crippen molar-refractivity contribution in [3.05, 3.63) is 28.3 Å². The zero-order valence-electron chi connectivity index (χ0n) is 17.9. The SMILES string of the molecule is CC1CCN(CCCNc2ccc(S(=O)(=O)N3CCN(C)CC3)cc2[N+](=O)[O-])CC1. The van der Waals surface area contributed by atoms with Gasteiger partial charge in [0, 0.05) is 38.8 Å². The van der Waals surface area contributed by atoms with Crippen molar-refractivity contribution >= 4 is 21.4 Å². The van der Waals surface area contributed by atoms with Crippen molar-refractivity contribution < 1.29 is 13.3 Å². The molecule has 168 valence electrons. The maximum Gasteiger partial charge on any atom is 0.293 e. The molecule has 0 aliphatic carbocycles. The van der Waals surface area contributed by atoms with Crippen LogP contribution >= 0.6 is 0 Å². The summed E-state index contributed by atoms with van der Waals surface area (Å²) in [4.78, 5) is 15.5. The van der Waals surface area contributed by atoms with Crippen LogP contribution in [0.4, 0.5) is 11.4 Å². The highest BCUT2D eigenvalue weighted by molar-refractivity contribution is 7.89. The number of likely N-dealkylation sites (N-methyl/N-ethyl adjacent to an activating group) is 1. The van der Waals surface area contributed by atoms with Gasteiger partial charge in [0.1, 0.15) is 5.69 Å². The van der Waals surface area contributed by atoms with Gasteiger partial charge in [0.25, 0.3) is 5.69 Å². The van der Waals surface area contributed by atoms with E-state index in [1.165, 1.54) is 35.3 Å². The van der Waals surface area contributed by atoms with Crippen LogP contribution in [0.1, 0.15) is 26.2 Å².